The van der Waals surface area contributed by atoms with Crippen LogP contribution in [0, 0.1) is 5.82 Å². The molecule has 0 radical (unpaired) electrons. The molecule has 0 aliphatic carbocycles. The second-order valence-corrected chi connectivity index (χ2v) is 3.70. The summed E-state index contributed by atoms with van der Waals surface area (Å²) in [5.74, 6) is -17.3. The summed E-state index contributed by atoms with van der Waals surface area (Å²) in [5.41, 5.74) is 0. The topological polar surface area (TPSA) is 9.23 Å². The van der Waals surface area contributed by atoms with E-state index in [0.717, 1.165) is 12.1 Å². The van der Waals surface area contributed by atoms with E-state index in [1.54, 1.807) is 0 Å². The normalized spacial score (nSPS) is 14.2. The van der Waals surface area contributed by atoms with Crippen molar-refractivity contribution in [2.45, 2.75) is 24.1 Å². The molecule has 1 aromatic rings. The molecular formula is C10H4F10O. The van der Waals surface area contributed by atoms with Crippen molar-refractivity contribution in [3.63, 3.8) is 0 Å². The molecular weight excluding hydrogens is 326 g/mol. The number of halogens is 10. The molecule has 0 atom stereocenters. The molecule has 0 aromatic heterocycles. The Morgan fingerprint density at radius 1 is 0.714 bits per heavy atom. The molecule has 0 amide bonds. The maximum atomic E-state index is 13.0. The molecule has 0 fully saturated rings. The third-order valence-electron chi connectivity index (χ3n) is 2.19. The first kappa shape index (κ1) is 17.4. The van der Waals surface area contributed by atoms with E-state index < -0.39 is 35.7 Å². The Kier molecular flexibility index (Phi) is 4.09. The molecule has 0 aliphatic heterocycles. The van der Waals surface area contributed by atoms with Gasteiger partial charge in [0.15, 0.2) is 11.6 Å². The van der Waals surface area contributed by atoms with E-state index in [4.69, 9.17) is 0 Å². The zero-order chi connectivity index (χ0) is 16.7. The number of benzene rings is 1. The van der Waals surface area contributed by atoms with Gasteiger partial charge in [-0.2, -0.15) is 39.5 Å². The Morgan fingerprint density at radius 2 is 1.19 bits per heavy atom. The summed E-state index contributed by atoms with van der Waals surface area (Å²) in [5, 5.41) is 0. The molecule has 120 valence electrons. The first-order valence-electron chi connectivity index (χ1n) is 4.88. The second-order valence-electron chi connectivity index (χ2n) is 3.70. The Morgan fingerprint density at radius 3 is 1.62 bits per heavy atom. The van der Waals surface area contributed by atoms with Gasteiger partial charge < -0.3 is 4.74 Å². The average Bonchev–Trinajstić information content (AvgIpc) is 2.30. The van der Waals surface area contributed by atoms with Gasteiger partial charge in [0.05, 0.1) is 0 Å². The van der Waals surface area contributed by atoms with Crippen LogP contribution in [0.1, 0.15) is 0 Å². The Hall–Kier alpha value is -1.68. The predicted molar refractivity (Wildman–Crippen MR) is 47.9 cm³/mol. The standard InChI is InChI=1S/C10H4F10O/c11-5-3-1-2-4-6(5)21-10(19,20)8(14,15)7(12,13)9(16,17)18/h1-4H. The number of hydrogen-bond donors (Lipinski definition) is 0. The van der Waals surface area contributed by atoms with Crippen molar-refractivity contribution >= 4 is 0 Å². The lowest BCUT2D eigenvalue weighted by Crippen LogP contribution is -2.62. The zero-order valence-corrected chi connectivity index (χ0v) is 9.50. The minimum atomic E-state index is -7.09. The van der Waals surface area contributed by atoms with Crippen molar-refractivity contribution in [1.29, 1.82) is 0 Å². The number of alkyl halides is 9. The number of rotatable bonds is 4. The number of ether oxygens (including phenoxy) is 1. The fraction of sp³-hybridized carbons (Fsp3) is 0.400. The van der Waals surface area contributed by atoms with Crippen LogP contribution in [0.5, 0.6) is 5.75 Å². The molecule has 0 saturated carbocycles. The summed E-state index contributed by atoms with van der Waals surface area (Å²) >= 11 is 0. The second kappa shape index (κ2) is 4.95. The number of para-hydroxylation sites is 1. The van der Waals surface area contributed by atoms with Gasteiger partial charge in [-0.1, -0.05) is 12.1 Å². The summed E-state index contributed by atoms with van der Waals surface area (Å²) in [6.07, 6.45) is -13.3. The van der Waals surface area contributed by atoms with Gasteiger partial charge >= 0.3 is 24.1 Å². The van der Waals surface area contributed by atoms with E-state index in [1.165, 1.54) is 0 Å². The van der Waals surface area contributed by atoms with Crippen LogP contribution in [0.2, 0.25) is 0 Å². The predicted octanol–water partition coefficient (Wildman–Crippen LogP) is 4.63. The molecule has 0 unspecified atom stereocenters. The van der Waals surface area contributed by atoms with Gasteiger partial charge in [-0.25, -0.2) is 4.39 Å². The van der Waals surface area contributed by atoms with Crippen LogP contribution in [-0.4, -0.2) is 24.1 Å². The third-order valence-corrected chi connectivity index (χ3v) is 2.19. The highest BCUT2D eigenvalue weighted by Crippen LogP contribution is 2.53. The monoisotopic (exact) mass is 330 g/mol. The van der Waals surface area contributed by atoms with Crippen molar-refractivity contribution in [3.05, 3.63) is 30.1 Å². The highest BCUT2D eigenvalue weighted by atomic mass is 19.4. The van der Waals surface area contributed by atoms with Gasteiger partial charge in [0, 0.05) is 0 Å². The summed E-state index contributed by atoms with van der Waals surface area (Å²) in [7, 11) is 0. The van der Waals surface area contributed by atoms with Crippen LogP contribution < -0.4 is 4.74 Å². The van der Waals surface area contributed by atoms with Gasteiger partial charge in [0.2, 0.25) is 0 Å². The van der Waals surface area contributed by atoms with E-state index in [9.17, 15) is 43.9 Å². The lowest BCUT2D eigenvalue weighted by Gasteiger charge is -2.32. The Labute approximate surface area is 110 Å². The maximum absolute atomic E-state index is 13.0. The van der Waals surface area contributed by atoms with Crippen LogP contribution in [0.25, 0.3) is 0 Å². The summed E-state index contributed by atoms with van der Waals surface area (Å²) in [6, 6.07) is 2.54. The van der Waals surface area contributed by atoms with Crippen molar-refractivity contribution in [3.8, 4) is 5.75 Å². The minimum absolute atomic E-state index is 0.352. The Balaban J connectivity index is 3.20. The molecule has 11 heteroatoms. The molecule has 21 heavy (non-hydrogen) atoms. The summed E-state index contributed by atoms with van der Waals surface area (Å²) in [6.45, 7) is 0. The largest absolute Gasteiger partial charge is 0.471 e. The minimum Gasteiger partial charge on any atom is -0.425 e. The van der Waals surface area contributed by atoms with E-state index in [0.29, 0.717) is 12.1 Å². The van der Waals surface area contributed by atoms with E-state index >= 15 is 0 Å². The summed E-state index contributed by atoms with van der Waals surface area (Å²) < 4.78 is 128. The molecule has 0 saturated heterocycles. The van der Waals surface area contributed by atoms with Crippen LogP contribution in [0.3, 0.4) is 0 Å². The molecule has 1 nitrogen and oxygen atoms in total. The molecule has 0 aliphatic rings. The van der Waals surface area contributed by atoms with Gasteiger partial charge in [0.1, 0.15) is 0 Å². The van der Waals surface area contributed by atoms with Gasteiger partial charge in [0.25, 0.3) is 0 Å². The van der Waals surface area contributed by atoms with Gasteiger partial charge in [-0.3, -0.25) is 0 Å². The highest BCUT2D eigenvalue weighted by Gasteiger charge is 2.83. The van der Waals surface area contributed by atoms with Gasteiger partial charge in [-0.15, -0.1) is 0 Å². The lowest BCUT2D eigenvalue weighted by molar-refractivity contribution is -0.428. The van der Waals surface area contributed by atoms with E-state index in [-0.39, 0.29) is 0 Å². The maximum Gasteiger partial charge on any atom is 0.471 e. The van der Waals surface area contributed by atoms with Crippen LogP contribution >= 0.6 is 0 Å². The molecule has 0 spiro atoms. The average molecular weight is 330 g/mol. The fourth-order valence-corrected chi connectivity index (χ4v) is 1.09. The van der Waals surface area contributed by atoms with Crippen molar-refractivity contribution in [2.75, 3.05) is 0 Å². The molecule has 1 rings (SSSR count). The molecule has 0 N–H and O–H groups in total. The molecule has 0 heterocycles. The first-order chi connectivity index (χ1) is 9.24. The fourth-order valence-electron chi connectivity index (χ4n) is 1.09. The highest BCUT2D eigenvalue weighted by molar-refractivity contribution is 5.24. The van der Waals surface area contributed by atoms with Crippen LogP contribution in [0.15, 0.2) is 24.3 Å². The van der Waals surface area contributed by atoms with Crippen LogP contribution in [-0.2, 0) is 0 Å². The lowest BCUT2D eigenvalue weighted by atomic mass is 10.1. The van der Waals surface area contributed by atoms with Crippen molar-refractivity contribution in [1.82, 2.24) is 0 Å². The van der Waals surface area contributed by atoms with Crippen LogP contribution in [0.4, 0.5) is 43.9 Å². The first-order valence-corrected chi connectivity index (χ1v) is 4.88. The van der Waals surface area contributed by atoms with Gasteiger partial charge in [-0.05, 0) is 12.1 Å². The van der Waals surface area contributed by atoms with E-state index in [1.807, 2.05) is 0 Å². The Bertz CT molecular complexity index is 507. The van der Waals surface area contributed by atoms with Crippen molar-refractivity contribution in [2.24, 2.45) is 0 Å². The van der Waals surface area contributed by atoms with Crippen molar-refractivity contribution < 1.29 is 48.6 Å². The van der Waals surface area contributed by atoms with E-state index in [2.05, 4.69) is 4.74 Å². The SMILES string of the molecule is Fc1ccccc1OC(F)(F)C(F)(F)C(F)(F)C(F)(F)F. The zero-order valence-electron chi connectivity index (χ0n) is 9.50. The number of hydrogen-bond acceptors (Lipinski definition) is 1. The molecule has 0 bridgehead atoms. The third kappa shape index (κ3) is 2.86. The molecule has 1 aromatic carbocycles. The quantitative estimate of drug-likeness (QED) is 0.732. The smallest absolute Gasteiger partial charge is 0.425 e. The summed E-state index contributed by atoms with van der Waals surface area (Å²) in [4.78, 5) is 0.